The van der Waals surface area contributed by atoms with Gasteiger partial charge in [0.2, 0.25) is 0 Å². The Morgan fingerprint density at radius 1 is 1.03 bits per heavy atom. The van der Waals surface area contributed by atoms with E-state index in [1.54, 1.807) is 39.9 Å². The molecule has 0 spiro atoms. The van der Waals surface area contributed by atoms with Crippen LogP contribution in [0.5, 0.6) is 5.75 Å². The minimum atomic E-state index is -0.316. The molecule has 0 unspecified atom stereocenters. The van der Waals surface area contributed by atoms with Crippen molar-refractivity contribution in [2.75, 3.05) is 25.0 Å². The number of rotatable bonds is 8. The van der Waals surface area contributed by atoms with Gasteiger partial charge in [-0.1, -0.05) is 24.3 Å². The van der Waals surface area contributed by atoms with E-state index in [4.69, 9.17) is 4.74 Å². The lowest BCUT2D eigenvalue weighted by atomic mass is 10.3. The summed E-state index contributed by atoms with van der Waals surface area (Å²) in [5.74, 6) is 0.125. The number of aromatic nitrogens is 2. The number of nitrogens with one attached hydrogen (secondary N) is 1. The second-order valence-corrected chi connectivity index (χ2v) is 6.75. The number of carbonyl (C=O) groups is 2. The van der Waals surface area contributed by atoms with Gasteiger partial charge in [0.25, 0.3) is 11.8 Å². The van der Waals surface area contributed by atoms with Crippen molar-refractivity contribution in [1.82, 2.24) is 14.7 Å². The summed E-state index contributed by atoms with van der Waals surface area (Å²) < 4.78 is 7.33. The van der Waals surface area contributed by atoms with Gasteiger partial charge in [0.15, 0.2) is 12.3 Å². The summed E-state index contributed by atoms with van der Waals surface area (Å²) in [6, 6.07) is 18.3. The molecule has 3 rings (SSSR count). The molecule has 1 aromatic heterocycles. The van der Waals surface area contributed by atoms with E-state index in [1.807, 2.05) is 51.1 Å². The van der Waals surface area contributed by atoms with Crippen molar-refractivity contribution in [2.24, 2.45) is 0 Å². The van der Waals surface area contributed by atoms with Crippen LogP contribution in [-0.4, -0.2) is 46.2 Å². The molecule has 1 N–H and O–H groups in total. The van der Waals surface area contributed by atoms with E-state index in [0.717, 1.165) is 11.4 Å². The first kappa shape index (κ1) is 21.1. The number of ether oxygens (including phenoxy) is 1. The number of hydrogen-bond acceptors (Lipinski definition) is 4. The van der Waals surface area contributed by atoms with Gasteiger partial charge in [0.05, 0.1) is 5.69 Å². The monoisotopic (exact) mass is 406 g/mol. The van der Waals surface area contributed by atoms with Crippen molar-refractivity contribution in [2.45, 2.75) is 20.8 Å². The predicted octanol–water partition coefficient (Wildman–Crippen LogP) is 3.68. The van der Waals surface area contributed by atoms with Crippen molar-refractivity contribution in [3.05, 3.63) is 72.1 Å². The maximum atomic E-state index is 12.7. The first-order valence-corrected chi connectivity index (χ1v) is 9.96. The van der Waals surface area contributed by atoms with Crippen molar-refractivity contribution in [3.63, 3.8) is 0 Å². The molecule has 0 fully saturated rings. The molecule has 3 aromatic rings. The number of aryl methyl sites for hydroxylation is 1. The Kier molecular flexibility index (Phi) is 6.85. The molecular weight excluding hydrogens is 380 g/mol. The first-order chi connectivity index (χ1) is 14.5. The van der Waals surface area contributed by atoms with Gasteiger partial charge in [-0.3, -0.25) is 9.59 Å². The minimum Gasteiger partial charge on any atom is -0.484 e. The standard InChI is InChI=1S/C23H26N4O3/c1-4-26(5-2)22(28)16-30-20-13-9-10-18(15-20)24-23(29)21-14-17(3)27(25-21)19-11-7-6-8-12-19/h6-15H,4-5,16H2,1-3H3,(H,24,29). The zero-order valence-electron chi connectivity index (χ0n) is 17.5. The third-order valence-electron chi connectivity index (χ3n) is 4.69. The molecule has 7 nitrogen and oxygen atoms in total. The van der Waals surface area contributed by atoms with Crippen LogP contribution in [0.3, 0.4) is 0 Å². The number of hydrogen-bond donors (Lipinski definition) is 1. The van der Waals surface area contributed by atoms with Crippen molar-refractivity contribution in [3.8, 4) is 11.4 Å². The van der Waals surface area contributed by atoms with Crippen molar-refractivity contribution >= 4 is 17.5 Å². The van der Waals surface area contributed by atoms with Crippen LogP contribution in [0.1, 0.15) is 30.0 Å². The second kappa shape index (κ2) is 9.73. The lowest BCUT2D eigenvalue weighted by Gasteiger charge is -2.18. The van der Waals surface area contributed by atoms with E-state index >= 15 is 0 Å². The van der Waals surface area contributed by atoms with Crippen molar-refractivity contribution in [1.29, 1.82) is 0 Å². The molecule has 0 atom stereocenters. The summed E-state index contributed by atoms with van der Waals surface area (Å²) in [6.07, 6.45) is 0. The smallest absolute Gasteiger partial charge is 0.276 e. The molecule has 0 radical (unpaired) electrons. The quantitative estimate of drug-likeness (QED) is 0.619. The van der Waals surface area contributed by atoms with E-state index in [-0.39, 0.29) is 18.4 Å². The highest BCUT2D eigenvalue weighted by molar-refractivity contribution is 6.03. The maximum absolute atomic E-state index is 12.7. The highest BCUT2D eigenvalue weighted by Gasteiger charge is 2.14. The van der Waals surface area contributed by atoms with Crippen LogP contribution in [-0.2, 0) is 4.79 Å². The number of para-hydroxylation sites is 1. The maximum Gasteiger partial charge on any atom is 0.276 e. The Bertz CT molecular complexity index is 1010. The van der Waals surface area contributed by atoms with Gasteiger partial charge in [-0.15, -0.1) is 0 Å². The molecule has 0 saturated carbocycles. The molecule has 0 saturated heterocycles. The summed E-state index contributed by atoms with van der Waals surface area (Å²) in [6.45, 7) is 7.00. The number of carbonyl (C=O) groups excluding carboxylic acids is 2. The Labute approximate surface area is 176 Å². The van der Waals surface area contributed by atoms with Gasteiger partial charge in [-0.2, -0.15) is 5.10 Å². The summed E-state index contributed by atoms with van der Waals surface area (Å²) >= 11 is 0. The normalized spacial score (nSPS) is 10.5. The van der Waals surface area contributed by atoms with Crippen LogP contribution >= 0.6 is 0 Å². The van der Waals surface area contributed by atoms with Gasteiger partial charge in [0, 0.05) is 30.5 Å². The van der Waals surface area contributed by atoms with Crippen molar-refractivity contribution < 1.29 is 14.3 Å². The first-order valence-electron chi connectivity index (χ1n) is 9.96. The zero-order chi connectivity index (χ0) is 21.5. The minimum absolute atomic E-state index is 0.0419. The molecule has 2 aromatic carbocycles. The number of benzene rings is 2. The fourth-order valence-corrected chi connectivity index (χ4v) is 3.09. The molecule has 2 amide bonds. The SMILES string of the molecule is CCN(CC)C(=O)COc1cccc(NC(=O)c2cc(C)n(-c3ccccc3)n2)c1. The van der Waals surface area contributed by atoms with Gasteiger partial charge >= 0.3 is 0 Å². The largest absolute Gasteiger partial charge is 0.484 e. The lowest BCUT2D eigenvalue weighted by Crippen LogP contribution is -2.34. The average Bonchev–Trinajstić information content (AvgIpc) is 3.16. The highest BCUT2D eigenvalue weighted by atomic mass is 16.5. The number of anilines is 1. The molecule has 0 aliphatic heterocycles. The fraction of sp³-hybridized carbons (Fsp3) is 0.261. The average molecular weight is 406 g/mol. The molecule has 1 heterocycles. The molecular formula is C23H26N4O3. The van der Waals surface area contributed by atoms with E-state index in [0.29, 0.717) is 30.2 Å². The van der Waals surface area contributed by atoms with Gasteiger partial charge in [0.1, 0.15) is 5.75 Å². The van der Waals surface area contributed by atoms with Crippen LogP contribution in [0.15, 0.2) is 60.7 Å². The Morgan fingerprint density at radius 3 is 2.47 bits per heavy atom. The molecule has 0 bridgehead atoms. The third-order valence-corrected chi connectivity index (χ3v) is 4.69. The Morgan fingerprint density at radius 2 is 1.77 bits per heavy atom. The summed E-state index contributed by atoms with van der Waals surface area (Å²) in [5, 5.41) is 7.25. The molecule has 0 aliphatic carbocycles. The number of amides is 2. The van der Waals surface area contributed by atoms with E-state index in [2.05, 4.69) is 10.4 Å². The van der Waals surface area contributed by atoms with Crippen LogP contribution < -0.4 is 10.1 Å². The number of nitrogens with zero attached hydrogens (tertiary/aromatic N) is 3. The van der Waals surface area contributed by atoms with Crippen LogP contribution in [0.25, 0.3) is 5.69 Å². The van der Waals surface area contributed by atoms with Crippen LogP contribution in [0.4, 0.5) is 5.69 Å². The molecule has 7 heteroatoms. The third kappa shape index (κ3) is 5.05. The zero-order valence-corrected chi connectivity index (χ0v) is 17.5. The predicted molar refractivity (Wildman–Crippen MR) is 116 cm³/mol. The Hall–Kier alpha value is -3.61. The summed E-state index contributed by atoms with van der Waals surface area (Å²) in [5.41, 5.74) is 2.64. The summed E-state index contributed by atoms with van der Waals surface area (Å²) in [7, 11) is 0. The molecule has 156 valence electrons. The summed E-state index contributed by atoms with van der Waals surface area (Å²) in [4.78, 5) is 26.5. The topological polar surface area (TPSA) is 76.5 Å². The van der Waals surface area contributed by atoms with E-state index < -0.39 is 0 Å². The molecule has 30 heavy (non-hydrogen) atoms. The van der Waals surface area contributed by atoms with Gasteiger partial charge in [-0.05, 0) is 51.1 Å². The van der Waals surface area contributed by atoms with E-state index in [1.165, 1.54) is 0 Å². The number of likely N-dealkylation sites (N-methyl/N-ethyl adjacent to an activating group) is 1. The van der Waals surface area contributed by atoms with Crippen LogP contribution in [0, 0.1) is 6.92 Å². The van der Waals surface area contributed by atoms with Gasteiger partial charge < -0.3 is 15.0 Å². The van der Waals surface area contributed by atoms with Gasteiger partial charge in [-0.25, -0.2) is 4.68 Å². The van der Waals surface area contributed by atoms with Crippen LogP contribution in [0.2, 0.25) is 0 Å². The molecule has 0 aliphatic rings. The lowest BCUT2D eigenvalue weighted by molar-refractivity contribution is -0.132. The second-order valence-electron chi connectivity index (χ2n) is 6.75. The highest BCUT2D eigenvalue weighted by Crippen LogP contribution is 2.19. The van der Waals surface area contributed by atoms with E-state index in [9.17, 15) is 9.59 Å². The Balaban J connectivity index is 1.66. The fourth-order valence-electron chi connectivity index (χ4n) is 3.09.